The summed E-state index contributed by atoms with van der Waals surface area (Å²) in [7, 11) is 1.62. The standard InChI is InChI=1S/C19H21N3O2S/c1-3-11-20-19(25)22-21-13-16-9-10-17(18(12-16)23-2)24-14-15-7-5-4-6-8-15/h3-10,12-13H,1,11,14H2,2H3,(H2,20,22,25)/p+1. The molecule has 2 aromatic rings. The van der Waals surface area contributed by atoms with E-state index in [9.17, 15) is 0 Å². The van der Waals surface area contributed by atoms with Crippen LogP contribution in [0.25, 0.3) is 0 Å². The van der Waals surface area contributed by atoms with Crippen molar-refractivity contribution in [3.05, 3.63) is 72.3 Å². The average molecular weight is 356 g/mol. The molecule has 0 radical (unpaired) electrons. The van der Waals surface area contributed by atoms with Crippen molar-refractivity contribution in [2.24, 2.45) is 0 Å². The third-order valence-corrected chi connectivity index (χ3v) is 3.50. The third kappa shape index (κ3) is 6.27. The number of benzene rings is 2. The van der Waals surface area contributed by atoms with E-state index in [0.717, 1.165) is 11.1 Å². The molecule has 3 N–H and O–H groups in total. The molecule has 2 rings (SSSR count). The van der Waals surface area contributed by atoms with Gasteiger partial charge in [-0.05, 0) is 36.0 Å². The second-order valence-corrected chi connectivity index (χ2v) is 5.51. The first kappa shape index (κ1) is 18.5. The smallest absolute Gasteiger partial charge is 0.224 e. The summed E-state index contributed by atoms with van der Waals surface area (Å²) in [5, 5.41) is 6.38. The monoisotopic (exact) mass is 356 g/mol. The highest BCUT2D eigenvalue weighted by atomic mass is 32.1. The molecule has 0 aromatic heterocycles. The molecule has 5 nitrogen and oxygen atoms in total. The van der Waals surface area contributed by atoms with Gasteiger partial charge in [-0.15, -0.1) is 17.1 Å². The molecule has 0 saturated heterocycles. The number of hydrogen-bond acceptors (Lipinski definition) is 3. The Bertz CT molecular complexity index is 733. The molecule has 0 fully saturated rings. The summed E-state index contributed by atoms with van der Waals surface area (Å²) in [6.45, 7) is 4.71. The zero-order valence-electron chi connectivity index (χ0n) is 14.1. The summed E-state index contributed by atoms with van der Waals surface area (Å²) in [5.41, 5.74) is 4.88. The molecule has 0 aliphatic heterocycles. The van der Waals surface area contributed by atoms with Gasteiger partial charge in [0.2, 0.25) is 5.11 Å². The number of thiocarbonyl (C=S) groups is 1. The number of hydrazone groups is 1. The lowest BCUT2D eigenvalue weighted by Crippen LogP contribution is -2.82. The lowest BCUT2D eigenvalue weighted by atomic mass is 10.2. The number of nitrogens with one attached hydrogen (secondary N) is 3. The Morgan fingerprint density at radius 2 is 2.00 bits per heavy atom. The maximum Gasteiger partial charge on any atom is 0.224 e. The van der Waals surface area contributed by atoms with Crippen LogP contribution in [0.3, 0.4) is 0 Å². The molecule has 130 valence electrons. The van der Waals surface area contributed by atoms with Gasteiger partial charge in [-0.3, -0.25) is 0 Å². The predicted molar refractivity (Wildman–Crippen MR) is 104 cm³/mol. The quantitative estimate of drug-likeness (QED) is 0.288. The van der Waals surface area contributed by atoms with Crippen LogP contribution in [0.2, 0.25) is 0 Å². The Morgan fingerprint density at radius 1 is 1.20 bits per heavy atom. The average Bonchev–Trinajstić information content (AvgIpc) is 2.66. The number of hydrazine groups is 1. The summed E-state index contributed by atoms with van der Waals surface area (Å²) in [4.78, 5) is 0. The minimum absolute atomic E-state index is 0.489. The van der Waals surface area contributed by atoms with Gasteiger partial charge in [0, 0.05) is 12.1 Å². The molecule has 0 bridgehead atoms. The molecule has 0 spiro atoms. The van der Waals surface area contributed by atoms with Crippen LogP contribution in [0, 0.1) is 0 Å². The first-order chi connectivity index (χ1) is 12.2. The van der Waals surface area contributed by atoms with Crippen LogP contribution < -0.4 is 25.3 Å². The van der Waals surface area contributed by atoms with Crippen molar-refractivity contribution in [3.63, 3.8) is 0 Å². The van der Waals surface area contributed by atoms with Crippen LogP contribution in [0.1, 0.15) is 11.1 Å². The molecule has 0 aliphatic carbocycles. The molecule has 0 aliphatic rings. The van der Waals surface area contributed by atoms with E-state index in [4.69, 9.17) is 21.7 Å². The number of rotatable bonds is 8. The summed E-state index contributed by atoms with van der Waals surface area (Å²) >= 11 is 5.09. The van der Waals surface area contributed by atoms with E-state index in [1.165, 1.54) is 0 Å². The van der Waals surface area contributed by atoms with Gasteiger partial charge in [-0.1, -0.05) is 36.4 Å². The lowest BCUT2D eigenvalue weighted by Gasteiger charge is -2.11. The maximum absolute atomic E-state index is 5.84. The molecule has 0 atom stereocenters. The van der Waals surface area contributed by atoms with Gasteiger partial charge < -0.3 is 14.8 Å². The van der Waals surface area contributed by atoms with Crippen LogP contribution in [0.15, 0.2) is 61.2 Å². The highest BCUT2D eigenvalue weighted by Crippen LogP contribution is 2.28. The molecule has 0 unspecified atom stereocenters. The summed E-state index contributed by atoms with van der Waals surface area (Å²) in [6, 6.07) is 15.7. The fourth-order valence-corrected chi connectivity index (χ4v) is 2.16. The molecule has 0 saturated carbocycles. The fraction of sp³-hybridized carbons (Fsp3) is 0.158. The zero-order valence-corrected chi connectivity index (χ0v) is 14.9. The van der Waals surface area contributed by atoms with Crippen molar-refractivity contribution < 1.29 is 14.6 Å². The second kappa shape index (κ2) is 10.1. The van der Waals surface area contributed by atoms with Crippen LogP contribution >= 0.6 is 12.2 Å². The first-order valence-corrected chi connectivity index (χ1v) is 8.22. The lowest BCUT2D eigenvalue weighted by molar-refractivity contribution is -0.500. The zero-order chi connectivity index (χ0) is 17.9. The van der Waals surface area contributed by atoms with Crippen LogP contribution in [0.5, 0.6) is 11.5 Å². The molecule has 6 heteroatoms. The van der Waals surface area contributed by atoms with Crippen LogP contribution in [-0.2, 0) is 6.61 Å². The van der Waals surface area contributed by atoms with Crippen molar-refractivity contribution in [1.29, 1.82) is 0 Å². The van der Waals surface area contributed by atoms with E-state index >= 15 is 0 Å². The summed E-state index contributed by atoms with van der Waals surface area (Å²) in [5.74, 6) is 1.36. The van der Waals surface area contributed by atoms with Gasteiger partial charge in [0.05, 0.1) is 7.11 Å². The number of methoxy groups -OCH3 is 1. The molecule has 2 aromatic carbocycles. The van der Waals surface area contributed by atoms with Gasteiger partial charge in [0.15, 0.2) is 17.7 Å². The molecule has 0 heterocycles. The molecule has 25 heavy (non-hydrogen) atoms. The number of ether oxygens (including phenoxy) is 2. The molecule has 0 amide bonds. The Morgan fingerprint density at radius 3 is 2.72 bits per heavy atom. The van der Waals surface area contributed by atoms with Gasteiger partial charge in [-0.2, -0.15) is 0 Å². The number of hydrogen-bond donors (Lipinski definition) is 3. The second-order valence-electron chi connectivity index (χ2n) is 5.10. The largest absolute Gasteiger partial charge is 0.493 e. The Balaban J connectivity index is 1.96. The van der Waals surface area contributed by atoms with E-state index in [0.29, 0.717) is 29.8 Å². The van der Waals surface area contributed by atoms with Crippen molar-refractivity contribution in [2.45, 2.75) is 6.61 Å². The van der Waals surface area contributed by atoms with Crippen molar-refractivity contribution >= 4 is 23.5 Å². The van der Waals surface area contributed by atoms with Crippen molar-refractivity contribution in [3.8, 4) is 11.5 Å². The van der Waals surface area contributed by atoms with E-state index < -0.39 is 0 Å². The van der Waals surface area contributed by atoms with Crippen LogP contribution in [0.4, 0.5) is 0 Å². The van der Waals surface area contributed by atoms with E-state index in [-0.39, 0.29) is 0 Å². The van der Waals surface area contributed by atoms with Crippen molar-refractivity contribution in [1.82, 2.24) is 10.7 Å². The molecular formula is C19H22N3O2S+. The Hall–Kier alpha value is -2.86. The van der Waals surface area contributed by atoms with Crippen LogP contribution in [-0.4, -0.2) is 25.0 Å². The topological polar surface area (TPSA) is 56.5 Å². The SMILES string of the molecule is C=CCNC(=S)N[NH+]=Cc1ccc(OCc2ccccc2)c(OC)c1. The van der Waals surface area contributed by atoms with Crippen molar-refractivity contribution in [2.75, 3.05) is 13.7 Å². The highest BCUT2D eigenvalue weighted by Gasteiger charge is 2.07. The van der Waals surface area contributed by atoms with Gasteiger partial charge in [0.25, 0.3) is 0 Å². The Labute approximate surface area is 153 Å². The van der Waals surface area contributed by atoms with E-state index in [1.54, 1.807) is 19.4 Å². The van der Waals surface area contributed by atoms with Gasteiger partial charge >= 0.3 is 0 Å². The van der Waals surface area contributed by atoms with E-state index in [1.807, 2.05) is 48.5 Å². The predicted octanol–water partition coefficient (Wildman–Crippen LogP) is 1.34. The van der Waals surface area contributed by atoms with E-state index in [2.05, 4.69) is 22.4 Å². The fourth-order valence-electron chi connectivity index (χ4n) is 2.02. The third-order valence-electron chi connectivity index (χ3n) is 3.26. The Kier molecular flexibility index (Phi) is 7.46. The highest BCUT2D eigenvalue weighted by molar-refractivity contribution is 7.80. The minimum Gasteiger partial charge on any atom is -0.493 e. The van der Waals surface area contributed by atoms with Gasteiger partial charge in [-0.25, -0.2) is 0 Å². The molecular weight excluding hydrogens is 334 g/mol. The summed E-state index contributed by atoms with van der Waals surface area (Å²) in [6.07, 6.45) is 3.52. The van der Waals surface area contributed by atoms with Gasteiger partial charge in [0.1, 0.15) is 6.61 Å². The minimum atomic E-state index is 0.489. The maximum atomic E-state index is 5.84. The summed E-state index contributed by atoms with van der Waals surface area (Å²) < 4.78 is 11.3. The first-order valence-electron chi connectivity index (χ1n) is 7.81. The normalized spacial score (nSPS) is 10.3.